The van der Waals surface area contributed by atoms with E-state index in [1.165, 1.54) is 44.8 Å². The molecule has 0 aromatic heterocycles. The number of benzene rings is 1. The highest BCUT2D eigenvalue weighted by Gasteiger charge is 2.31. The Morgan fingerprint density at radius 3 is 2.63 bits per heavy atom. The van der Waals surface area contributed by atoms with Crippen LogP contribution in [0.4, 0.5) is 4.39 Å². The zero-order valence-electron chi connectivity index (χ0n) is 16.0. The fourth-order valence-corrected chi connectivity index (χ4v) is 3.88. The van der Waals surface area contributed by atoms with E-state index in [1.807, 2.05) is 12.1 Å². The summed E-state index contributed by atoms with van der Waals surface area (Å²) in [5.74, 6) is 0.754. The molecule has 2 aliphatic rings. The lowest BCUT2D eigenvalue weighted by Crippen LogP contribution is -2.49. The summed E-state index contributed by atoms with van der Waals surface area (Å²) in [5, 5.41) is 6.92. The Morgan fingerprint density at radius 2 is 2.00 bits per heavy atom. The van der Waals surface area contributed by atoms with Gasteiger partial charge in [0.25, 0.3) is 0 Å². The number of aryl methyl sites for hydroxylation is 1. The summed E-state index contributed by atoms with van der Waals surface area (Å²) in [5.41, 5.74) is 0.758. The average molecular weight is 553 g/mol. The van der Waals surface area contributed by atoms with Crippen molar-refractivity contribution in [2.24, 2.45) is 4.99 Å². The summed E-state index contributed by atoms with van der Waals surface area (Å²) in [6.45, 7) is 6.04. The van der Waals surface area contributed by atoms with Gasteiger partial charge in [-0.15, -0.1) is 24.0 Å². The van der Waals surface area contributed by atoms with Crippen LogP contribution in [-0.2, 0) is 6.42 Å². The van der Waals surface area contributed by atoms with E-state index in [9.17, 15) is 4.39 Å². The van der Waals surface area contributed by atoms with Crippen molar-refractivity contribution in [2.45, 2.75) is 57.5 Å². The molecule has 0 amide bonds. The maximum Gasteiger partial charge on any atom is 0.191 e. The Labute approximate surface area is 187 Å². The van der Waals surface area contributed by atoms with Gasteiger partial charge in [-0.1, -0.05) is 22.0 Å². The van der Waals surface area contributed by atoms with Crippen molar-refractivity contribution in [1.29, 1.82) is 0 Å². The van der Waals surface area contributed by atoms with E-state index >= 15 is 0 Å². The van der Waals surface area contributed by atoms with Gasteiger partial charge in [0.05, 0.1) is 0 Å². The molecule has 2 N–H and O–H groups in total. The van der Waals surface area contributed by atoms with E-state index < -0.39 is 0 Å². The van der Waals surface area contributed by atoms with Crippen LogP contribution >= 0.6 is 39.9 Å². The Kier molecular flexibility index (Phi) is 9.79. The van der Waals surface area contributed by atoms with Crippen LogP contribution < -0.4 is 10.6 Å². The highest BCUT2D eigenvalue weighted by Crippen LogP contribution is 2.29. The number of hydrogen-bond acceptors (Lipinski definition) is 2. The third kappa shape index (κ3) is 7.49. The maximum atomic E-state index is 13.9. The van der Waals surface area contributed by atoms with Crippen LogP contribution in [0.15, 0.2) is 27.7 Å². The lowest BCUT2D eigenvalue weighted by Gasteiger charge is -2.33. The summed E-state index contributed by atoms with van der Waals surface area (Å²) >= 11 is 3.30. The van der Waals surface area contributed by atoms with Gasteiger partial charge in [-0.3, -0.25) is 4.99 Å². The van der Waals surface area contributed by atoms with Gasteiger partial charge in [0.15, 0.2) is 5.96 Å². The molecule has 1 aliphatic carbocycles. The number of rotatable bonds is 7. The number of nitrogens with zero attached hydrogens (tertiary/aromatic N) is 2. The van der Waals surface area contributed by atoms with Crippen LogP contribution in [0.2, 0.25) is 0 Å². The fraction of sp³-hybridized carbons (Fsp3) is 0.650. The zero-order chi connectivity index (χ0) is 18.4. The molecule has 0 unspecified atom stereocenters. The first kappa shape index (κ1) is 22.9. The lowest BCUT2D eigenvalue weighted by molar-refractivity contribution is 0.197. The maximum absolute atomic E-state index is 13.9. The molecule has 27 heavy (non-hydrogen) atoms. The molecule has 1 saturated heterocycles. The number of nitrogens with one attached hydrogen (secondary N) is 2. The van der Waals surface area contributed by atoms with Gasteiger partial charge in [-0.25, -0.2) is 4.39 Å². The quantitative estimate of drug-likeness (QED) is 0.229. The summed E-state index contributed by atoms with van der Waals surface area (Å²) < 4.78 is 14.6. The van der Waals surface area contributed by atoms with Gasteiger partial charge in [0, 0.05) is 42.7 Å². The molecule has 0 bridgehead atoms. The summed E-state index contributed by atoms with van der Waals surface area (Å²) in [6.07, 6.45) is 6.70. The molecule has 4 nitrogen and oxygen atoms in total. The highest BCUT2D eigenvalue weighted by molar-refractivity contribution is 14.0. The molecule has 7 heteroatoms. The number of guanidine groups is 1. The molecule has 152 valence electrons. The minimum atomic E-state index is -0.143. The second-order valence-corrected chi connectivity index (χ2v) is 8.20. The molecule has 0 atom stereocenters. The van der Waals surface area contributed by atoms with Crippen LogP contribution in [-0.4, -0.2) is 49.1 Å². The molecule has 1 aromatic rings. The summed E-state index contributed by atoms with van der Waals surface area (Å²) in [4.78, 5) is 7.32. The topological polar surface area (TPSA) is 39.7 Å². The number of aliphatic imine (C=N–C) groups is 1. The first-order chi connectivity index (χ1) is 12.7. The highest BCUT2D eigenvalue weighted by atomic mass is 127. The molecule has 1 aromatic carbocycles. The minimum absolute atomic E-state index is 0. The molecule has 0 spiro atoms. The van der Waals surface area contributed by atoms with Gasteiger partial charge in [0.1, 0.15) is 5.82 Å². The van der Waals surface area contributed by atoms with Crippen LogP contribution in [0.25, 0.3) is 0 Å². The standard InChI is InChI=1S/C20H30BrFN4.HI/c1-2-23-20(25-17-9-12-26(13-10-17)18-7-8-18)24-11-3-4-15-5-6-16(21)14-19(15)22;/h5-6,14,17-18H,2-4,7-13H2,1H3,(H2,23,24,25);1H. The van der Waals surface area contributed by atoms with Crippen LogP contribution in [0, 0.1) is 5.82 Å². The third-order valence-electron chi connectivity index (χ3n) is 5.17. The van der Waals surface area contributed by atoms with Crippen molar-refractivity contribution < 1.29 is 4.39 Å². The number of likely N-dealkylation sites (tertiary alicyclic amines) is 1. The summed E-state index contributed by atoms with van der Waals surface area (Å²) in [7, 11) is 0. The van der Waals surface area contributed by atoms with Crippen LogP contribution in [0.1, 0.15) is 44.6 Å². The Bertz CT molecular complexity index is 616. The van der Waals surface area contributed by atoms with Crippen molar-refractivity contribution in [2.75, 3.05) is 26.2 Å². The van der Waals surface area contributed by atoms with E-state index in [4.69, 9.17) is 0 Å². The lowest BCUT2D eigenvalue weighted by atomic mass is 10.1. The molecule has 1 saturated carbocycles. The van der Waals surface area contributed by atoms with Crippen LogP contribution in [0.3, 0.4) is 0 Å². The fourth-order valence-electron chi connectivity index (χ4n) is 3.55. The molecule has 1 aliphatic heterocycles. The van der Waals surface area contributed by atoms with E-state index in [1.54, 1.807) is 0 Å². The average Bonchev–Trinajstić information content (AvgIpc) is 3.46. The second kappa shape index (κ2) is 11.6. The molecular formula is C20H31BrFIN4. The van der Waals surface area contributed by atoms with Gasteiger partial charge >= 0.3 is 0 Å². The number of halogens is 3. The second-order valence-electron chi connectivity index (χ2n) is 7.29. The molecular weight excluding hydrogens is 522 g/mol. The molecule has 2 fully saturated rings. The molecule has 1 heterocycles. The van der Waals surface area contributed by atoms with Gasteiger partial charge in [0.2, 0.25) is 0 Å². The largest absolute Gasteiger partial charge is 0.357 e. The smallest absolute Gasteiger partial charge is 0.191 e. The van der Waals surface area contributed by atoms with Crippen LogP contribution in [0.5, 0.6) is 0 Å². The van der Waals surface area contributed by atoms with E-state index in [2.05, 4.69) is 43.4 Å². The van der Waals surface area contributed by atoms with Crippen molar-refractivity contribution >= 4 is 45.9 Å². The van der Waals surface area contributed by atoms with Crippen molar-refractivity contribution in [3.8, 4) is 0 Å². The van der Waals surface area contributed by atoms with Gasteiger partial charge in [-0.05, 0) is 63.1 Å². The Morgan fingerprint density at radius 1 is 1.26 bits per heavy atom. The van der Waals surface area contributed by atoms with Gasteiger partial charge < -0.3 is 15.5 Å². The van der Waals surface area contributed by atoms with E-state index in [-0.39, 0.29) is 29.8 Å². The predicted octanol–water partition coefficient (Wildman–Crippen LogP) is 4.32. The van der Waals surface area contributed by atoms with E-state index in [0.29, 0.717) is 19.0 Å². The monoisotopic (exact) mass is 552 g/mol. The number of hydrogen-bond donors (Lipinski definition) is 2. The van der Waals surface area contributed by atoms with Crippen molar-refractivity contribution in [3.05, 3.63) is 34.1 Å². The molecule has 0 radical (unpaired) electrons. The van der Waals surface area contributed by atoms with Gasteiger partial charge in [-0.2, -0.15) is 0 Å². The normalized spacial score (nSPS) is 18.9. The predicted molar refractivity (Wildman–Crippen MR) is 125 cm³/mol. The summed E-state index contributed by atoms with van der Waals surface area (Å²) in [6, 6.07) is 6.64. The van der Waals surface area contributed by atoms with Crippen molar-refractivity contribution in [1.82, 2.24) is 15.5 Å². The minimum Gasteiger partial charge on any atom is -0.357 e. The first-order valence-electron chi connectivity index (χ1n) is 9.88. The van der Waals surface area contributed by atoms with Crippen molar-refractivity contribution in [3.63, 3.8) is 0 Å². The number of piperidine rings is 1. The first-order valence-corrected chi connectivity index (χ1v) is 10.7. The van der Waals surface area contributed by atoms with E-state index in [0.717, 1.165) is 35.0 Å². The Balaban J connectivity index is 0.00000261. The third-order valence-corrected chi connectivity index (χ3v) is 5.66. The SMILES string of the molecule is CCNC(=NCCCc1ccc(Br)cc1F)NC1CCN(C2CC2)CC1.I. The zero-order valence-corrected chi connectivity index (χ0v) is 19.9. The Hall–Kier alpha value is -0.410. The molecule has 3 rings (SSSR count).